The molecule has 0 radical (unpaired) electrons. The Morgan fingerprint density at radius 2 is 1.95 bits per heavy atom. The van der Waals surface area contributed by atoms with E-state index in [0.29, 0.717) is 0 Å². The number of benzene rings is 1. The van der Waals surface area contributed by atoms with Crippen LogP contribution in [0, 0.1) is 0 Å². The van der Waals surface area contributed by atoms with Gasteiger partial charge in [0.25, 0.3) is 0 Å². The maximum atomic E-state index is 12.4. The number of amides is 1. The van der Waals surface area contributed by atoms with Crippen LogP contribution in [0.2, 0.25) is 0 Å². The number of carbonyl (C=O) groups excluding carboxylic acids is 2. The SMILES string of the molecule is COC(=O)C(CO)N(C=O)c1ccc(C(F)(F)F)cc1. The quantitative estimate of drug-likeness (QED) is 0.654. The Labute approximate surface area is 112 Å². The molecule has 1 N–H and O–H groups in total. The number of hydrogen-bond acceptors (Lipinski definition) is 4. The van der Waals surface area contributed by atoms with Crippen molar-refractivity contribution in [1.82, 2.24) is 0 Å². The molecule has 0 saturated carbocycles. The third-order valence-corrected chi connectivity index (χ3v) is 2.59. The zero-order valence-electron chi connectivity index (χ0n) is 10.4. The lowest BCUT2D eigenvalue weighted by molar-refractivity contribution is -0.144. The van der Waals surface area contributed by atoms with E-state index in [0.717, 1.165) is 36.3 Å². The van der Waals surface area contributed by atoms with Crippen molar-refractivity contribution >= 4 is 18.1 Å². The van der Waals surface area contributed by atoms with E-state index in [1.54, 1.807) is 0 Å². The summed E-state index contributed by atoms with van der Waals surface area (Å²) in [6.07, 6.45) is -4.26. The van der Waals surface area contributed by atoms with Gasteiger partial charge in [0.1, 0.15) is 0 Å². The second-order valence-corrected chi connectivity index (χ2v) is 3.78. The molecule has 0 saturated heterocycles. The summed E-state index contributed by atoms with van der Waals surface area (Å²) in [5, 5.41) is 9.09. The highest BCUT2D eigenvalue weighted by molar-refractivity contribution is 5.89. The molecular weight excluding hydrogens is 279 g/mol. The zero-order chi connectivity index (χ0) is 15.3. The van der Waals surface area contributed by atoms with E-state index >= 15 is 0 Å². The van der Waals surface area contributed by atoms with Crippen LogP contribution >= 0.6 is 0 Å². The number of methoxy groups -OCH3 is 1. The minimum Gasteiger partial charge on any atom is -0.467 e. The van der Waals surface area contributed by atoms with Crippen molar-refractivity contribution in [2.24, 2.45) is 0 Å². The number of aliphatic hydroxyl groups excluding tert-OH is 1. The van der Waals surface area contributed by atoms with Crippen LogP contribution in [0.4, 0.5) is 18.9 Å². The molecular formula is C12H12F3NO4. The first kappa shape index (κ1) is 16.0. The Bertz CT molecular complexity index is 473. The number of alkyl halides is 3. The van der Waals surface area contributed by atoms with E-state index < -0.39 is 30.4 Å². The van der Waals surface area contributed by atoms with Gasteiger partial charge in [0, 0.05) is 5.69 Å². The third kappa shape index (κ3) is 3.47. The second-order valence-electron chi connectivity index (χ2n) is 3.78. The Morgan fingerprint density at radius 1 is 1.40 bits per heavy atom. The number of nitrogens with zero attached hydrogens (tertiary/aromatic N) is 1. The molecule has 1 aromatic carbocycles. The molecule has 0 aliphatic rings. The summed E-state index contributed by atoms with van der Waals surface area (Å²) in [5.41, 5.74) is -0.844. The number of rotatable bonds is 5. The molecule has 0 aromatic heterocycles. The molecule has 0 spiro atoms. The molecule has 110 valence electrons. The Kier molecular flexibility index (Phi) is 5.09. The van der Waals surface area contributed by atoms with Gasteiger partial charge < -0.3 is 9.84 Å². The van der Waals surface area contributed by atoms with E-state index in [-0.39, 0.29) is 12.1 Å². The van der Waals surface area contributed by atoms with Gasteiger partial charge in [-0.15, -0.1) is 0 Å². The van der Waals surface area contributed by atoms with Gasteiger partial charge in [0.05, 0.1) is 19.3 Å². The van der Waals surface area contributed by atoms with Crippen LogP contribution in [-0.2, 0) is 20.5 Å². The monoisotopic (exact) mass is 291 g/mol. The summed E-state index contributed by atoms with van der Waals surface area (Å²) in [6, 6.07) is 2.30. The molecule has 20 heavy (non-hydrogen) atoms. The van der Waals surface area contributed by atoms with Crippen molar-refractivity contribution in [2.75, 3.05) is 18.6 Å². The number of ether oxygens (including phenoxy) is 1. The van der Waals surface area contributed by atoms with Crippen molar-refractivity contribution in [3.63, 3.8) is 0 Å². The molecule has 1 aromatic rings. The molecule has 1 atom stereocenters. The minimum absolute atomic E-state index is 0.0393. The first-order valence-corrected chi connectivity index (χ1v) is 5.44. The van der Waals surface area contributed by atoms with Gasteiger partial charge in [-0.05, 0) is 24.3 Å². The highest BCUT2D eigenvalue weighted by Crippen LogP contribution is 2.30. The predicted octanol–water partition coefficient (Wildman–Crippen LogP) is 1.20. The Balaban J connectivity index is 3.07. The van der Waals surface area contributed by atoms with Gasteiger partial charge in [0.2, 0.25) is 6.41 Å². The fraction of sp³-hybridized carbons (Fsp3) is 0.333. The maximum absolute atomic E-state index is 12.4. The van der Waals surface area contributed by atoms with Gasteiger partial charge in [-0.3, -0.25) is 9.69 Å². The lowest BCUT2D eigenvalue weighted by atomic mass is 10.1. The van der Waals surface area contributed by atoms with Gasteiger partial charge in [-0.2, -0.15) is 13.2 Å². The first-order valence-electron chi connectivity index (χ1n) is 5.44. The van der Waals surface area contributed by atoms with Gasteiger partial charge >= 0.3 is 12.1 Å². The van der Waals surface area contributed by atoms with Crippen LogP contribution in [0.1, 0.15) is 5.56 Å². The van der Waals surface area contributed by atoms with E-state index in [1.807, 2.05) is 0 Å². The van der Waals surface area contributed by atoms with Crippen molar-refractivity contribution in [1.29, 1.82) is 0 Å². The van der Waals surface area contributed by atoms with E-state index in [1.165, 1.54) is 0 Å². The van der Waals surface area contributed by atoms with Crippen LogP contribution < -0.4 is 4.90 Å². The number of halogens is 3. The van der Waals surface area contributed by atoms with E-state index in [9.17, 15) is 22.8 Å². The van der Waals surface area contributed by atoms with Crippen LogP contribution in [0.15, 0.2) is 24.3 Å². The number of esters is 1. The molecule has 1 rings (SSSR count). The van der Waals surface area contributed by atoms with Crippen molar-refractivity contribution < 1.29 is 32.6 Å². The zero-order valence-corrected chi connectivity index (χ0v) is 10.4. The number of hydrogen-bond donors (Lipinski definition) is 1. The maximum Gasteiger partial charge on any atom is 0.416 e. The van der Waals surface area contributed by atoms with E-state index in [4.69, 9.17) is 5.11 Å². The average Bonchev–Trinajstić information content (AvgIpc) is 2.43. The van der Waals surface area contributed by atoms with Crippen LogP contribution in [0.3, 0.4) is 0 Å². The van der Waals surface area contributed by atoms with Crippen molar-refractivity contribution in [3.05, 3.63) is 29.8 Å². The fourth-order valence-electron chi connectivity index (χ4n) is 1.55. The summed E-state index contributed by atoms with van der Waals surface area (Å²) in [4.78, 5) is 23.2. The fourth-order valence-corrected chi connectivity index (χ4v) is 1.55. The van der Waals surface area contributed by atoms with Gasteiger partial charge in [-0.25, -0.2) is 4.79 Å². The molecule has 0 fully saturated rings. The Hall–Kier alpha value is -2.09. The highest BCUT2D eigenvalue weighted by Gasteiger charge is 2.31. The third-order valence-electron chi connectivity index (χ3n) is 2.59. The topological polar surface area (TPSA) is 66.8 Å². The number of aliphatic hydroxyl groups is 1. The molecule has 0 aliphatic heterocycles. The van der Waals surface area contributed by atoms with Crippen LogP contribution in [0.25, 0.3) is 0 Å². The van der Waals surface area contributed by atoms with Gasteiger partial charge in [-0.1, -0.05) is 0 Å². The molecule has 0 aliphatic carbocycles. The Morgan fingerprint density at radius 3 is 2.30 bits per heavy atom. The average molecular weight is 291 g/mol. The van der Waals surface area contributed by atoms with Crippen molar-refractivity contribution in [3.8, 4) is 0 Å². The lowest BCUT2D eigenvalue weighted by Crippen LogP contribution is -2.44. The van der Waals surface area contributed by atoms with Crippen LogP contribution in [0.5, 0.6) is 0 Å². The minimum atomic E-state index is -4.50. The summed E-state index contributed by atoms with van der Waals surface area (Å²) in [7, 11) is 1.07. The summed E-state index contributed by atoms with van der Waals surface area (Å²) < 4.78 is 41.6. The molecule has 1 unspecified atom stereocenters. The summed E-state index contributed by atoms with van der Waals surface area (Å²) in [6.45, 7) is -0.716. The smallest absolute Gasteiger partial charge is 0.416 e. The van der Waals surface area contributed by atoms with E-state index in [2.05, 4.69) is 4.74 Å². The van der Waals surface area contributed by atoms with Crippen molar-refractivity contribution in [2.45, 2.75) is 12.2 Å². The lowest BCUT2D eigenvalue weighted by Gasteiger charge is -2.24. The second kappa shape index (κ2) is 6.38. The normalized spacial score (nSPS) is 12.7. The highest BCUT2D eigenvalue weighted by atomic mass is 19.4. The van der Waals surface area contributed by atoms with Crippen LogP contribution in [-0.4, -0.2) is 37.2 Å². The molecule has 8 heteroatoms. The number of anilines is 1. The molecule has 1 amide bonds. The van der Waals surface area contributed by atoms with Gasteiger partial charge in [0.15, 0.2) is 6.04 Å². The molecule has 5 nitrogen and oxygen atoms in total. The summed E-state index contributed by atoms with van der Waals surface area (Å²) in [5.74, 6) is -0.875. The predicted molar refractivity (Wildman–Crippen MR) is 62.9 cm³/mol. The largest absolute Gasteiger partial charge is 0.467 e. The first-order chi connectivity index (χ1) is 9.35. The summed E-state index contributed by atoms with van der Waals surface area (Å²) >= 11 is 0. The standard InChI is InChI=1S/C12H12F3NO4/c1-20-11(19)10(6-17)16(7-18)9-4-2-8(3-5-9)12(13,14)15/h2-5,7,10,17H,6H2,1H3. The molecule has 0 heterocycles. The molecule has 0 bridgehead atoms. The number of carbonyl (C=O) groups is 2.